The van der Waals surface area contributed by atoms with E-state index in [-0.39, 0.29) is 0 Å². The van der Waals surface area contributed by atoms with Gasteiger partial charge in [0.05, 0.1) is 10.3 Å². The first-order valence-electron chi connectivity index (χ1n) is 6.30. The van der Waals surface area contributed by atoms with Crippen molar-refractivity contribution in [2.75, 3.05) is 24.3 Å². The summed E-state index contributed by atoms with van der Waals surface area (Å²) >= 11 is 5.17. The summed E-state index contributed by atoms with van der Waals surface area (Å²) in [5, 5.41) is 6.51. The Morgan fingerprint density at radius 2 is 2.00 bits per heavy atom. The standard InChI is InChI=1S/C13H17BrN4OS/c1-3-15-11-6-12(18-13(17-11)8-19-2)16-7-9-4-5-10(14)20-9/h4-6H,3,7-8H2,1-2H3,(H2,15,16,17,18). The Morgan fingerprint density at radius 3 is 2.60 bits per heavy atom. The van der Waals surface area contributed by atoms with Crippen molar-refractivity contribution < 1.29 is 4.74 Å². The first-order chi connectivity index (χ1) is 9.71. The van der Waals surface area contributed by atoms with E-state index in [0.29, 0.717) is 12.4 Å². The predicted molar refractivity (Wildman–Crippen MR) is 86.3 cm³/mol. The summed E-state index contributed by atoms with van der Waals surface area (Å²) in [6.07, 6.45) is 0. The van der Waals surface area contributed by atoms with Gasteiger partial charge in [-0.25, -0.2) is 9.97 Å². The van der Waals surface area contributed by atoms with Crippen LogP contribution in [0.1, 0.15) is 17.6 Å². The Labute approximate surface area is 130 Å². The van der Waals surface area contributed by atoms with Gasteiger partial charge in [-0.2, -0.15) is 0 Å². The van der Waals surface area contributed by atoms with Gasteiger partial charge in [0, 0.05) is 24.6 Å². The van der Waals surface area contributed by atoms with Crippen LogP contribution < -0.4 is 10.6 Å². The first kappa shape index (κ1) is 15.2. The molecule has 0 saturated carbocycles. The number of aromatic nitrogens is 2. The highest BCUT2D eigenvalue weighted by Gasteiger charge is 2.05. The van der Waals surface area contributed by atoms with E-state index in [0.717, 1.165) is 28.5 Å². The molecule has 2 aromatic heterocycles. The van der Waals surface area contributed by atoms with Crippen LogP contribution in [0.25, 0.3) is 0 Å². The Bertz CT molecular complexity index is 537. The van der Waals surface area contributed by atoms with E-state index in [2.05, 4.69) is 42.6 Å². The molecule has 2 N–H and O–H groups in total. The highest BCUT2D eigenvalue weighted by Crippen LogP contribution is 2.23. The number of nitrogens with one attached hydrogen (secondary N) is 2. The molecule has 0 radical (unpaired) electrons. The summed E-state index contributed by atoms with van der Waals surface area (Å²) in [5.41, 5.74) is 0. The van der Waals surface area contributed by atoms with E-state index in [9.17, 15) is 0 Å². The zero-order valence-electron chi connectivity index (χ0n) is 11.4. The van der Waals surface area contributed by atoms with Crippen LogP contribution >= 0.6 is 27.3 Å². The molecule has 0 atom stereocenters. The summed E-state index contributed by atoms with van der Waals surface area (Å²) in [6.45, 7) is 4.00. The van der Waals surface area contributed by atoms with Crippen LogP contribution in [0.5, 0.6) is 0 Å². The van der Waals surface area contributed by atoms with Crippen molar-refractivity contribution in [3.05, 3.63) is 32.7 Å². The lowest BCUT2D eigenvalue weighted by molar-refractivity contribution is 0.178. The highest BCUT2D eigenvalue weighted by molar-refractivity contribution is 9.11. The van der Waals surface area contributed by atoms with E-state index < -0.39 is 0 Å². The second kappa shape index (κ2) is 7.56. The monoisotopic (exact) mass is 356 g/mol. The zero-order chi connectivity index (χ0) is 14.4. The molecule has 0 spiro atoms. The molecule has 0 bridgehead atoms. The molecular formula is C13H17BrN4OS. The zero-order valence-corrected chi connectivity index (χ0v) is 13.8. The maximum Gasteiger partial charge on any atom is 0.158 e. The topological polar surface area (TPSA) is 59.1 Å². The lowest BCUT2D eigenvalue weighted by Gasteiger charge is -2.09. The van der Waals surface area contributed by atoms with Gasteiger partial charge in [-0.1, -0.05) is 0 Å². The fourth-order valence-electron chi connectivity index (χ4n) is 1.68. The van der Waals surface area contributed by atoms with E-state index in [4.69, 9.17) is 4.74 Å². The van der Waals surface area contributed by atoms with Gasteiger partial charge in [-0.3, -0.25) is 0 Å². The molecule has 0 amide bonds. The Hall–Kier alpha value is -1.18. The molecule has 108 valence electrons. The summed E-state index contributed by atoms with van der Waals surface area (Å²) < 4.78 is 6.23. The minimum Gasteiger partial charge on any atom is -0.377 e. The molecule has 20 heavy (non-hydrogen) atoms. The molecule has 0 aromatic carbocycles. The average molecular weight is 357 g/mol. The number of anilines is 2. The molecule has 0 aliphatic carbocycles. The molecule has 2 aromatic rings. The Balaban J connectivity index is 2.08. The Kier molecular flexibility index (Phi) is 5.75. The fourth-order valence-corrected chi connectivity index (χ4v) is 3.10. The quantitative estimate of drug-likeness (QED) is 0.794. The normalized spacial score (nSPS) is 10.6. The maximum absolute atomic E-state index is 5.10. The predicted octanol–water partition coefficient (Wildman–Crippen LogP) is 3.49. The van der Waals surface area contributed by atoms with Gasteiger partial charge in [0.1, 0.15) is 18.2 Å². The molecule has 7 heteroatoms. The number of thiophene rings is 1. The number of halogens is 1. The van der Waals surface area contributed by atoms with Crippen LogP contribution in [0, 0.1) is 0 Å². The molecule has 2 heterocycles. The number of methoxy groups -OCH3 is 1. The third kappa shape index (κ3) is 4.43. The first-order valence-corrected chi connectivity index (χ1v) is 7.91. The Morgan fingerprint density at radius 1 is 1.25 bits per heavy atom. The van der Waals surface area contributed by atoms with Crippen LogP contribution in [-0.2, 0) is 17.9 Å². The third-order valence-electron chi connectivity index (χ3n) is 2.48. The van der Waals surface area contributed by atoms with Crippen LogP contribution in [0.4, 0.5) is 11.6 Å². The maximum atomic E-state index is 5.10. The van der Waals surface area contributed by atoms with E-state index >= 15 is 0 Å². The molecule has 0 saturated heterocycles. The summed E-state index contributed by atoms with van der Waals surface area (Å²) in [6, 6.07) is 6.04. The van der Waals surface area contributed by atoms with Crippen molar-refractivity contribution in [2.45, 2.75) is 20.1 Å². The third-order valence-corrected chi connectivity index (χ3v) is 4.10. The minimum atomic E-state index is 0.401. The van der Waals surface area contributed by atoms with Crippen molar-refractivity contribution in [3.8, 4) is 0 Å². The fraction of sp³-hybridized carbons (Fsp3) is 0.385. The van der Waals surface area contributed by atoms with E-state index in [1.807, 2.05) is 19.1 Å². The van der Waals surface area contributed by atoms with E-state index in [1.54, 1.807) is 18.4 Å². The lowest BCUT2D eigenvalue weighted by Crippen LogP contribution is -2.08. The van der Waals surface area contributed by atoms with Gasteiger partial charge in [-0.05, 0) is 35.0 Å². The molecular weight excluding hydrogens is 340 g/mol. The lowest BCUT2D eigenvalue weighted by atomic mass is 10.4. The largest absolute Gasteiger partial charge is 0.377 e. The van der Waals surface area contributed by atoms with Crippen LogP contribution in [0.2, 0.25) is 0 Å². The average Bonchev–Trinajstić information content (AvgIpc) is 2.83. The number of ether oxygens (including phenoxy) is 1. The SMILES string of the molecule is CCNc1cc(NCc2ccc(Br)s2)nc(COC)n1. The van der Waals surface area contributed by atoms with Gasteiger partial charge in [0.15, 0.2) is 5.82 Å². The van der Waals surface area contributed by atoms with Gasteiger partial charge in [0.25, 0.3) is 0 Å². The van der Waals surface area contributed by atoms with Crippen molar-refractivity contribution >= 4 is 38.9 Å². The van der Waals surface area contributed by atoms with Crippen LogP contribution in [-0.4, -0.2) is 23.6 Å². The summed E-state index contributed by atoms with van der Waals surface area (Å²) in [4.78, 5) is 10.1. The van der Waals surface area contributed by atoms with E-state index in [1.165, 1.54) is 4.88 Å². The van der Waals surface area contributed by atoms with Crippen molar-refractivity contribution in [1.82, 2.24) is 9.97 Å². The van der Waals surface area contributed by atoms with Crippen molar-refractivity contribution in [2.24, 2.45) is 0 Å². The minimum absolute atomic E-state index is 0.401. The second-order valence-corrected chi connectivity index (χ2v) is 6.62. The van der Waals surface area contributed by atoms with Gasteiger partial charge in [0.2, 0.25) is 0 Å². The van der Waals surface area contributed by atoms with Gasteiger partial charge >= 0.3 is 0 Å². The molecule has 2 rings (SSSR count). The van der Waals surface area contributed by atoms with Crippen LogP contribution in [0.15, 0.2) is 22.0 Å². The molecule has 0 aliphatic rings. The molecule has 0 unspecified atom stereocenters. The van der Waals surface area contributed by atoms with Gasteiger partial charge in [-0.15, -0.1) is 11.3 Å². The van der Waals surface area contributed by atoms with Crippen molar-refractivity contribution in [1.29, 1.82) is 0 Å². The van der Waals surface area contributed by atoms with Crippen molar-refractivity contribution in [3.63, 3.8) is 0 Å². The number of nitrogens with zero attached hydrogens (tertiary/aromatic N) is 2. The van der Waals surface area contributed by atoms with Crippen LogP contribution in [0.3, 0.4) is 0 Å². The van der Waals surface area contributed by atoms with Gasteiger partial charge < -0.3 is 15.4 Å². The molecule has 0 aliphatic heterocycles. The highest BCUT2D eigenvalue weighted by atomic mass is 79.9. The number of hydrogen-bond donors (Lipinski definition) is 2. The number of hydrogen-bond acceptors (Lipinski definition) is 6. The molecule has 5 nitrogen and oxygen atoms in total. The smallest absolute Gasteiger partial charge is 0.158 e. The molecule has 0 fully saturated rings. The summed E-state index contributed by atoms with van der Waals surface area (Å²) in [7, 11) is 1.64. The summed E-state index contributed by atoms with van der Waals surface area (Å²) in [5.74, 6) is 2.28. The number of rotatable bonds is 7. The second-order valence-electron chi connectivity index (χ2n) is 4.08.